The summed E-state index contributed by atoms with van der Waals surface area (Å²) < 4.78 is 12.9. The molecular weight excluding hydrogens is 275 g/mol. The largest absolute Gasteiger partial charge is 0.381 e. The van der Waals surface area contributed by atoms with Gasteiger partial charge in [-0.25, -0.2) is 4.39 Å². The molecule has 2 nitrogen and oxygen atoms in total. The summed E-state index contributed by atoms with van der Waals surface area (Å²) in [7, 11) is 0. The van der Waals surface area contributed by atoms with E-state index in [2.05, 4.69) is 42.7 Å². The minimum Gasteiger partial charge on any atom is -0.381 e. The van der Waals surface area contributed by atoms with E-state index < -0.39 is 0 Å². The van der Waals surface area contributed by atoms with Gasteiger partial charge in [0, 0.05) is 12.2 Å². The number of benzene rings is 2. The Bertz CT molecular complexity index is 578. The van der Waals surface area contributed by atoms with Crippen LogP contribution in [-0.4, -0.2) is 13.1 Å². The smallest absolute Gasteiger partial charge is 0.123 e. The molecule has 0 unspecified atom stereocenters. The molecule has 0 atom stereocenters. The van der Waals surface area contributed by atoms with Crippen molar-refractivity contribution in [2.75, 3.05) is 18.4 Å². The summed E-state index contributed by atoms with van der Waals surface area (Å²) in [6, 6.07) is 13.2. The molecule has 2 aromatic carbocycles. The van der Waals surface area contributed by atoms with Crippen molar-refractivity contribution in [3.8, 4) is 0 Å². The minimum absolute atomic E-state index is 0.193. The molecule has 0 aliphatic heterocycles. The molecule has 0 amide bonds. The van der Waals surface area contributed by atoms with E-state index >= 15 is 0 Å². The van der Waals surface area contributed by atoms with Gasteiger partial charge in [-0.1, -0.05) is 31.2 Å². The van der Waals surface area contributed by atoms with E-state index in [9.17, 15) is 4.39 Å². The predicted molar refractivity (Wildman–Crippen MR) is 91.8 cm³/mol. The van der Waals surface area contributed by atoms with Crippen molar-refractivity contribution < 1.29 is 4.39 Å². The molecule has 0 fully saturated rings. The standard InChI is InChI=1S/C19H25FN2/c1-3-11-21-12-10-16-5-4-15(2)19(13-16)22-14-17-6-8-18(20)9-7-17/h4-9,13,21-22H,3,10-12,14H2,1-2H3. The summed E-state index contributed by atoms with van der Waals surface area (Å²) in [5, 5.41) is 6.87. The van der Waals surface area contributed by atoms with Crippen molar-refractivity contribution >= 4 is 5.69 Å². The second-order valence-corrected chi connectivity index (χ2v) is 5.63. The molecule has 3 heteroatoms. The van der Waals surface area contributed by atoms with Gasteiger partial charge < -0.3 is 10.6 Å². The molecule has 0 heterocycles. The summed E-state index contributed by atoms with van der Waals surface area (Å²) in [5.74, 6) is -0.193. The molecule has 2 aromatic rings. The molecule has 0 aliphatic rings. The molecule has 22 heavy (non-hydrogen) atoms. The Morgan fingerprint density at radius 3 is 2.41 bits per heavy atom. The lowest BCUT2D eigenvalue weighted by Crippen LogP contribution is -2.17. The average Bonchev–Trinajstić information content (AvgIpc) is 2.53. The van der Waals surface area contributed by atoms with Gasteiger partial charge in [0.1, 0.15) is 5.82 Å². The zero-order valence-electron chi connectivity index (χ0n) is 13.5. The molecule has 0 aliphatic carbocycles. The molecular formula is C19H25FN2. The van der Waals surface area contributed by atoms with Gasteiger partial charge in [-0.15, -0.1) is 0 Å². The number of rotatable bonds is 8. The molecule has 0 radical (unpaired) electrons. The van der Waals surface area contributed by atoms with E-state index in [1.165, 1.54) is 29.7 Å². The maximum absolute atomic E-state index is 12.9. The minimum atomic E-state index is -0.193. The summed E-state index contributed by atoms with van der Waals surface area (Å²) in [6.07, 6.45) is 2.20. The maximum Gasteiger partial charge on any atom is 0.123 e. The van der Waals surface area contributed by atoms with Gasteiger partial charge in [0.05, 0.1) is 0 Å². The summed E-state index contributed by atoms with van der Waals surface area (Å²) >= 11 is 0. The monoisotopic (exact) mass is 300 g/mol. The third-order valence-electron chi connectivity index (χ3n) is 3.72. The van der Waals surface area contributed by atoms with Crippen molar-refractivity contribution in [3.63, 3.8) is 0 Å². The van der Waals surface area contributed by atoms with Gasteiger partial charge in [-0.3, -0.25) is 0 Å². The lowest BCUT2D eigenvalue weighted by Gasteiger charge is -2.12. The average molecular weight is 300 g/mol. The van der Waals surface area contributed by atoms with Crippen LogP contribution in [0.3, 0.4) is 0 Å². The fraction of sp³-hybridized carbons (Fsp3) is 0.368. The van der Waals surface area contributed by atoms with Gasteiger partial charge in [-0.2, -0.15) is 0 Å². The van der Waals surface area contributed by atoms with Gasteiger partial charge in [0.15, 0.2) is 0 Å². The Kier molecular flexibility index (Phi) is 6.41. The molecule has 0 aromatic heterocycles. The fourth-order valence-corrected chi connectivity index (χ4v) is 2.35. The van der Waals surface area contributed by atoms with E-state index in [1.807, 2.05) is 12.1 Å². The lowest BCUT2D eigenvalue weighted by atomic mass is 10.1. The Hall–Kier alpha value is -1.87. The second-order valence-electron chi connectivity index (χ2n) is 5.63. The Morgan fingerprint density at radius 1 is 0.955 bits per heavy atom. The van der Waals surface area contributed by atoms with Crippen LogP contribution in [0.15, 0.2) is 42.5 Å². The van der Waals surface area contributed by atoms with Crippen LogP contribution in [0.1, 0.15) is 30.0 Å². The Balaban J connectivity index is 1.93. The van der Waals surface area contributed by atoms with Crippen LogP contribution in [0.4, 0.5) is 10.1 Å². The first kappa shape index (κ1) is 16.5. The lowest BCUT2D eigenvalue weighted by molar-refractivity contribution is 0.627. The van der Waals surface area contributed by atoms with Crippen LogP contribution in [0.25, 0.3) is 0 Å². The maximum atomic E-state index is 12.9. The highest BCUT2D eigenvalue weighted by Gasteiger charge is 2.01. The molecule has 2 N–H and O–H groups in total. The Labute approximate surface area is 132 Å². The van der Waals surface area contributed by atoms with E-state index in [0.29, 0.717) is 6.54 Å². The van der Waals surface area contributed by atoms with Gasteiger partial charge in [-0.05, 0) is 67.7 Å². The van der Waals surface area contributed by atoms with Gasteiger partial charge in [0.25, 0.3) is 0 Å². The zero-order valence-corrected chi connectivity index (χ0v) is 13.5. The van der Waals surface area contributed by atoms with Crippen LogP contribution < -0.4 is 10.6 Å². The normalized spacial score (nSPS) is 10.7. The number of halogens is 1. The predicted octanol–water partition coefficient (Wildman–Crippen LogP) is 4.29. The van der Waals surface area contributed by atoms with E-state index in [1.54, 1.807) is 0 Å². The van der Waals surface area contributed by atoms with Crippen molar-refractivity contribution in [2.24, 2.45) is 0 Å². The highest BCUT2D eigenvalue weighted by Crippen LogP contribution is 2.18. The van der Waals surface area contributed by atoms with Gasteiger partial charge >= 0.3 is 0 Å². The molecule has 0 saturated carbocycles. The zero-order chi connectivity index (χ0) is 15.8. The first-order chi connectivity index (χ1) is 10.7. The van der Waals surface area contributed by atoms with E-state index in [0.717, 1.165) is 30.8 Å². The quantitative estimate of drug-likeness (QED) is 0.711. The van der Waals surface area contributed by atoms with Crippen molar-refractivity contribution in [1.29, 1.82) is 0 Å². The number of aryl methyl sites for hydroxylation is 1. The number of anilines is 1. The van der Waals surface area contributed by atoms with Crippen LogP contribution in [0.5, 0.6) is 0 Å². The number of hydrogen-bond donors (Lipinski definition) is 2. The second kappa shape index (κ2) is 8.54. The first-order valence-corrected chi connectivity index (χ1v) is 7.97. The summed E-state index contributed by atoms with van der Waals surface area (Å²) in [5.41, 5.74) is 4.79. The van der Waals surface area contributed by atoms with Crippen LogP contribution >= 0.6 is 0 Å². The van der Waals surface area contributed by atoms with Crippen LogP contribution in [0, 0.1) is 12.7 Å². The van der Waals surface area contributed by atoms with Gasteiger partial charge in [0.2, 0.25) is 0 Å². The highest BCUT2D eigenvalue weighted by atomic mass is 19.1. The van der Waals surface area contributed by atoms with E-state index in [4.69, 9.17) is 0 Å². The number of hydrogen-bond acceptors (Lipinski definition) is 2. The summed E-state index contributed by atoms with van der Waals surface area (Å²) in [4.78, 5) is 0. The van der Waals surface area contributed by atoms with E-state index in [-0.39, 0.29) is 5.82 Å². The number of nitrogens with one attached hydrogen (secondary N) is 2. The molecule has 0 bridgehead atoms. The fourth-order valence-electron chi connectivity index (χ4n) is 2.35. The van der Waals surface area contributed by atoms with Crippen molar-refractivity contribution in [1.82, 2.24) is 5.32 Å². The molecule has 0 saturated heterocycles. The third kappa shape index (κ3) is 5.15. The molecule has 0 spiro atoms. The SMILES string of the molecule is CCCNCCc1ccc(C)c(NCc2ccc(F)cc2)c1. The van der Waals surface area contributed by atoms with Crippen molar-refractivity contribution in [2.45, 2.75) is 33.2 Å². The topological polar surface area (TPSA) is 24.1 Å². The Morgan fingerprint density at radius 2 is 1.68 bits per heavy atom. The highest BCUT2D eigenvalue weighted by molar-refractivity contribution is 5.53. The molecule has 118 valence electrons. The first-order valence-electron chi connectivity index (χ1n) is 7.97. The van der Waals surface area contributed by atoms with Crippen molar-refractivity contribution in [3.05, 3.63) is 65.0 Å². The molecule has 2 rings (SSSR count). The summed E-state index contributed by atoms with van der Waals surface area (Å²) in [6.45, 7) is 7.07. The van der Waals surface area contributed by atoms with Crippen LogP contribution in [-0.2, 0) is 13.0 Å². The van der Waals surface area contributed by atoms with Crippen LogP contribution in [0.2, 0.25) is 0 Å². The third-order valence-corrected chi connectivity index (χ3v) is 3.72.